The van der Waals surface area contributed by atoms with Gasteiger partial charge in [-0.3, -0.25) is 0 Å². The van der Waals surface area contributed by atoms with Crippen molar-refractivity contribution in [1.29, 1.82) is 0 Å². The molecule has 66 valence electrons. The fourth-order valence-electron chi connectivity index (χ4n) is 0.516. The third-order valence-corrected chi connectivity index (χ3v) is 0.976. The minimum atomic E-state index is -0.442. The van der Waals surface area contributed by atoms with E-state index < -0.39 is 5.97 Å². The van der Waals surface area contributed by atoms with Crippen molar-refractivity contribution in [2.75, 3.05) is 7.11 Å². The molecule has 0 radical (unpaired) electrons. The Hall–Kier alpha value is -1.45. The Morgan fingerprint density at radius 2 is 2.17 bits per heavy atom. The standard InChI is InChI=1S/C6H6N2O2.C2H6/c1-10-6(9)5-2-3-7-4-8-5;1-2/h2-4H,1H3;1-2H3. The topological polar surface area (TPSA) is 52.1 Å². The van der Waals surface area contributed by atoms with Crippen molar-refractivity contribution in [2.24, 2.45) is 0 Å². The average molecular weight is 168 g/mol. The first-order valence-electron chi connectivity index (χ1n) is 3.69. The van der Waals surface area contributed by atoms with Gasteiger partial charge in [-0.2, -0.15) is 0 Å². The second-order valence-electron chi connectivity index (χ2n) is 1.59. The maximum atomic E-state index is 10.7. The summed E-state index contributed by atoms with van der Waals surface area (Å²) in [5.74, 6) is -0.442. The van der Waals surface area contributed by atoms with Gasteiger partial charge >= 0.3 is 5.97 Å². The van der Waals surface area contributed by atoms with Crippen LogP contribution >= 0.6 is 0 Å². The molecule has 1 rings (SSSR count). The van der Waals surface area contributed by atoms with Gasteiger partial charge in [0.15, 0.2) is 5.69 Å². The van der Waals surface area contributed by atoms with Gasteiger partial charge in [0.05, 0.1) is 7.11 Å². The van der Waals surface area contributed by atoms with Crippen LogP contribution in [0.4, 0.5) is 0 Å². The van der Waals surface area contributed by atoms with Crippen molar-refractivity contribution < 1.29 is 9.53 Å². The molecule has 0 atom stereocenters. The Morgan fingerprint density at radius 3 is 2.58 bits per heavy atom. The molecule has 0 unspecified atom stereocenters. The average Bonchev–Trinajstić information content (AvgIpc) is 2.21. The molecular weight excluding hydrogens is 156 g/mol. The third kappa shape index (κ3) is 3.09. The maximum Gasteiger partial charge on any atom is 0.356 e. The fourth-order valence-corrected chi connectivity index (χ4v) is 0.516. The minimum absolute atomic E-state index is 0.275. The summed E-state index contributed by atoms with van der Waals surface area (Å²) in [6.45, 7) is 4.00. The molecule has 0 bridgehead atoms. The van der Waals surface area contributed by atoms with Crippen LogP contribution in [0.5, 0.6) is 0 Å². The third-order valence-electron chi connectivity index (χ3n) is 0.976. The van der Waals surface area contributed by atoms with Crippen LogP contribution in [0.3, 0.4) is 0 Å². The highest BCUT2D eigenvalue weighted by Gasteiger charge is 2.03. The zero-order valence-electron chi connectivity index (χ0n) is 7.44. The molecule has 1 aromatic rings. The van der Waals surface area contributed by atoms with Crippen LogP contribution in [-0.4, -0.2) is 23.0 Å². The highest BCUT2D eigenvalue weighted by Crippen LogP contribution is 1.91. The SMILES string of the molecule is CC.COC(=O)c1ccncn1. The highest BCUT2D eigenvalue weighted by molar-refractivity contribution is 5.86. The van der Waals surface area contributed by atoms with E-state index in [4.69, 9.17) is 0 Å². The van der Waals surface area contributed by atoms with Crippen molar-refractivity contribution >= 4 is 5.97 Å². The number of aromatic nitrogens is 2. The van der Waals surface area contributed by atoms with Crippen LogP contribution in [0, 0.1) is 0 Å². The number of esters is 1. The minimum Gasteiger partial charge on any atom is -0.464 e. The number of nitrogens with zero attached hydrogens (tertiary/aromatic N) is 2. The van der Waals surface area contributed by atoms with Crippen molar-refractivity contribution in [2.45, 2.75) is 13.8 Å². The van der Waals surface area contributed by atoms with E-state index in [-0.39, 0.29) is 5.69 Å². The quantitative estimate of drug-likeness (QED) is 0.593. The molecule has 1 aromatic heterocycles. The van der Waals surface area contributed by atoms with Crippen LogP contribution in [-0.2, 0) is 4.74 Å². The van der Waals surface area contributed by atoms with Crippen LogP contribution in [0.25, 0.3) is 0 Å². The van der Waals surface area contributed by atoms with Gasteiger partial charge in [-0.1, -0.05) is 13.8 Å². The van der Waals surface area contributed by atoms with Crippen LogP contribution in [0.2, 0.25) is 0 Å². The van der Waals surface area contributed by atoms with E-state index in [2.05, 4.69) is 14.7 Å². The highest BCUT2D eigenvalue weighted by atomic mass is 16.5. The number of hydrogen-bond acceptors (Lipinski definition) is 4. The summed E-state index contributed by atoms with van der Waals surface area (Å²) < 4.78 is 4.41. The number of rotatable bonds is 1. The van der Waals surface area contributed by atoms with Gasteiger partial charge in [0.1, 0.15) is 6.33 Å². The maximum absolute atomic E-state index is 10.7. The van der Waals surface area contributed by atoms with Gasteiger partial charge in [0.2, 0.25) is 0 Å². The number of carbonyl (C=O) groups is 1. The van der Waals surface area contributed by atoms with Gasteiger partial charge in [0.25, 0.3) is 0 Å². The Bertz CT molecular complexity index is 224. The van der Waals surface area contributed by atoms with Crippen molar-refractivity contribution in [3.8, 4) is 0 Å². The number of carbonyl (C=O) groups excluding carboxylic acids is 1. The largest absolute Gasteiger partial charge is 0.464 e. The summed E-state index contributed by atoms with van der Waals surface area (Å²) in [5.41, 5.74) is 0.275. The molecule has 0 aliphatic heterocycles. The summed E-state index contributed by atoms with van der Waals surface area (Å²) in [6.07, 6.45) is 2.78. The molecule has 0 aromatic carbocycles. The first kappa shape index (κ1) is 10.6. The summed E-state index contributed by atoms with van der Waals surface area (Å²) in [6, 6.07) is 1.49. The van der Waals surface area contributed by atoms with E-state index in [0.29, 0.717) is 0 Å². The molecule has 0 saturated carbocycles. The molecule has 1 heterocycles. The van der Waals surface area contributed by atoms with Gasteiger partial charge in [-0.15, -0.1) is 0 Å². The van der Waals surface area contributed by atoms with Crippen molar-refractivity contribution in [3.05, 3.63) is 24.3 Å². The van der Waals surface area contributed by atoms with E-state index in [1.807, 2.05) is 13.8 Å². The molecule has 12 heavy (non-hydrogen) atoms. The number of ether oxygens (including phenoxy) is 1. The zero-order chi connectivity index (χ0) is 9.40. The fraction of sp³-hybridized carbons (Fsp3) is 0.375. The first-order chi connectivity index (χ1) is 5.84. The van der Waals surface area contributed by atoms with Crippen molar-refractivity contribution in [3.63, 3.8) is 0 Å². The van der Waals surface area contributed by atoms with Gasteiger partial charge in [0, 0.05) is 6.20 Å². The van der Waals surface area contributed by atoms with E-state index in [1.165, 1.54) is 25.7 Å². The molecule has 0 fully saturated rings. The van der Waals surface area contributed by atoms with E-state index >= 15 is 0 Å². The summed E-state index contributed by atoms with van der Waals surface area (Å²) in [7, 11) is 1.31. The molecule has 0 saturated heterocycles. The summed E-state index contributed by atoms with van der Waals surface area (Å²) >= 11 is 0. The Morgan fingerprint density at radius 1 is 1.50 bits per heavy atom. The Kier molecular flexibility index (Phi) is 5.51. The van der Waals surface area contributed by atoms with Crippen LogP contribution in [0.1, 0.15) is 24.3 Å². The Labute approximate surface area is 71.6 Å². The molecule has 0 spiro atoms. The van der Waals surface area contributed by atoms with Crippen molar-refractivity contribution in [1.82, 2.24) is 9.97 Å². The molecule has 0 aliphatic carbocycles. The van der Waals surface area contributed by atoms with Gasteiger partial charge in [-0.25, -0.2) is 14.8 Å². The molecule has 0 aliphatic rings. The number of methoxy groups -OCH3 is 1. The molecule has 0 amide bonds. The molecule has 0 N–H and O–H groups in total. The lowest BCUT2D eigenvalue weighted by molar-refractivity contribution is 0.0594. The molecular formula is C8H12N2O2. The molecule has 4 heteroatoms. The van der Waals surface area contributed by atoms with E-state index in [9.17, 15) is 4.79 Å². The van der Waals surface area contributed by atoms with Crippen LogP contribution < -0.4 is 0 Å². The summed E-state index contributed by atoms with van der Waals surface area (Å²) in [5, 5.41) is 0. The lowest BCUT2D eigenvalue weighted by Gasteiger charge is -1.93. The van der Waals surface area contributed by atoms with Gasteiger partial charge in [-0.05, 0) is 6.07 Å². The first-order valence-corrected chi connectivity index (χ1v) is 3.69. The second kappa shape index (κ2) is 6.27. The lowest BCUT2D eigenvalue weighted by Crippen LogP contribution is -2.03. The zero-order valence-corrected chi connectivity index (χ0v) is 7.44. The smallest absolute Gasteiger partial charge is 0.356 e. The monoisotopic (exact) mass is 168 g/mol. The van der Waals surface area contributed by atoms with Gasteiger partial charge < -0.3 is 4.74 Å². The molecule has 4 nitrogen and oxygen atoms in total. The number of hydrogen-bond donors (Lipinski definition) is 0. The second-order valence-corrected chi connectivity index (χ2v) is 1.59. The lowest BCUT2D eigenvalue weighted by atomic mass is 10.4. The summed E-state index contributed by atoms with van der Waals surface area (Å²) in [4.78, 5) is 18.0. The Balaban J connectivity index is 0.000000561. The normalized spacial score (nSPS) is 7.92. The predicted molar refractivity (Wildman–Crippen MR) is 44.7 cm³/mol. The van der Waals surface area contributed by atoms with E-state index in [1.54, 1.807) is 0 Å². The van der Waals surface area contributed by atoms with E-state index in [0.717, 1.165) is 0 Å². The predicted octanol–water partition coefficient (Wildman–Crippen LogP) is 1.29. The van der Waals surface area contributed by atoms with Crippen LogP contribution in [0.15, 0.2) is 18.6 Å².